The molecule has 0 aliphatic carbocycles. The van der Waals surface area contributed by atoms with Crippen molar-refractivity contribution in [3.63, 3.8) is 0 Å². The molecule has 11 nitrogen and oxygen atoms in total. The van der Waals surface area contributed by atoms with Crippen molar-refractivity contribution in [2.75, 3.05) is 26.2 Å². The fourth-order valence-corrected chi connectivity index (χ4v) is 22.9. The van der Waals surface area contributed by atoms with Gasteiger partial charge in [0.1, 0.15) is 22.0 Å². The van der Waals surface area contributed by atoms with Gasteiger partial charge < -0.3 is 34.3 Å². The standard InChI is InChI=1S/4C18H15P.C16H21N3O3.C15H21BrN2O3.Pd/c4*1-4-10-16(11-5-1)19(17-12-6-2-7-13-17)18-14-8-3-9-15-18;1-15(2,3)22-14(20)19-9-7-16(21,8-10-19)12-5-6-13(17-4)18-11-12;1-14(2,3)21-13(19)18-8-6-15(20,7-9-18)11-4-5-12(16)17-10-11;/h4*1-15H;5-6,11,21H,7-10H2,1-3H3;4-5,10,20H,6-9H2,1-3H3;. The molecule has 2 N–H and O–H groups in total. The number of carbonyl (C=O) groups excluding carboxylic acids is 2. The summed E-state index contributed by atoms with van der Waals surface area (Å²) in [5, 5.41) is 38.3. The number of piperidine rings is 2. The summed E-state index contributed by atoms with van der Waals surface area (Å²) < 4.78 is 11.4. The predicted molar refractivity (Wildman–Crippen MR) is 505 cm³/mol. The van der Waals surface area contributed by atoms with Crippen molar-refractivity contribution in [2.24, 2.45) is 0 Å². The number of halogens is 1. The van der Waals surface area contributed by atoms with Crippen LogP contribution in [0.2, 0.25) is 0 Å². The van der Waals surface area contributed by atoms with Crippen LogP contribution in [0.4, 0.5) is 15.4 Å². The van der Waals surface area contributed by atoms with Crippen molar-refractivity contribution in [3.05, 3.63) is 428 Å². The van der Waals surface area contributed by atoms with E-state index >= 15 is 0 Å². The van der Waals surface area contributed by atoms with Gasteiger partial charge in [-0.15, -0.1) is 4.98 Å². The monoisotopic (exact) mass is 1810 g/mol. The van der Waals surface area contributed by atoms with Gasteiger partial charge in [-0.1, -0.05) is 383 Å². The van der Waals surface area contributed by atoms with E-state index in [9.17, 15) is 19.8 Å². The van der Waals surface area contributed by atoms with Crippen LogP contribution in [-0.4, -0.2) is 79.5 Å². The van der Waals surface area contributed by atoms with E-state index in [1.165, 1.54) is 69.9 Å². The molecule has 2 aliphatic rings. The third-order valence-corrected chi connectivity index (χ3v) is 29.6. The van der Waals surface area contributed by atoms with E-state index in [4.69, 9.17) is 16.0 Å². The van der Waals surface area contributed by atoms with Crippen LogP contribution in [0.1, 0.15) is 78.4 Å². The Bertz CT molecular complexity index is 4480. The number of aliphatic hydroxyl groups is 2. The molecule has 0 atom stereocenters. The maximum atomic E-state index is 12.0. The minimum atomic E-state index is -1.01. The fraction of sp³-hybridized carbons (Fsp3) is 0.175. The van der Waals surface area contributed by atoms with Crippen LogP contribution in [0.25, 0.3) is 4.85 Å². The zero-order valence-electron chi connectivity index (χ0n) is 68.5. The second kappa shape index (κ2) is 46.5. The molecular formula is C103H102BrN5O6P4Pd. The molecule has 0 bridgehead atoms. The van der Waals surface area contributed by atoms with Gasteiger partial charge >= 0.3 is 12.2 Å². The number of aromatic nitrogens is 2. The minimum Gasteiger partial charge on any atom is -0.444 e. The van der Waals surface area contributed by atoms with E-state index in [0.29, 0.717) is 63.2 Å². The molecule has 0 unspecified atom stereocenters. The van der Waals surface area contributed by atoms with Gasteiger partial charge in [0.2, 0.25) is 0 Å². The molecule has 12 aromatic carbocycles. The van der Waals surface area contributed by atoms with Crippen LogP contribution in [0.3, 0.4) is 0 Å². The van der Waals surface area contributed by atoms with Crippen LogP contribution in [-0.2, 0) is 41.1 Å². The predicted octanol–water partition coefficient (Wildman–Crippen LogP) is 19.7. The van der Waals surface area contributed by atoms with Crippen molar-refractivity contribution in [1.82, 2.24) is 19.8 Å². The van der Waals surface area contributed by atoms with E-state index in [2.05, 4.69) is 395 Å². The van der Waals surface area contributed by atoms with Gasteiger partial charge in [-0.05, 0) is 191 Å². The normalized spacial score (nSPS) is 13.2. The number of ether oxygens (including phenoxy) is 2. The fourth-order valence-electron chi connectivity index (χ4n) is 13.4. The Hall–Kier alpha value is -10.2. The average Bonchev–Trinajstić information content (AvgIpc) is 0.801. The summed E-state index contributed by atoms with van der Waals surface area (Å²) >= 11 is 3.28. The SMILES string of the molecule is CC(C)(C)OC(=O)N1CCC(O)(c2ccc(Br)nc2)CC1.[C-]#[N+]c1ccc(C2(O)CCN(C(=O)OC(C)(C)C)CC2)cn1.[Pd].c1ccc(P(c2ccccc2)c2ccccc2)cc1.c1ccc(P(c2ccccc2)c2ccccc2)cc1.c1ccc(P(c2ccccc2)c2ccccc2)cc1.c1ccc(P(c2ccccc2)c2ccccc2)cc1. The Balaban J connectivity index is 0.000000151. The molecule has 17 heteroatoms. The van der Waals surface area contributed by atoms with Crippen molar-refractivity contribution < 1.29 is 49.7 Å². The number of hydrogen-bond donors (Lipinski definition) is 2. The molecular weight excluding hydrogens is 1710 g/mol. The summed E-state index contributed by atoms with van der Waals surface area (Å²) in [5.41, 5.74) is -1.48. The first kappa shape index (κ1) is 92.0. The van der Waals surface area contributed by atoms with Gasteiger partial charge in [0.25, 0.3) is 5.82 Å². The van der Waals surface area contributed by atoms with E-state index < -0.39 is 54.1 Å². The molecule has 0 radical (unpaired) electrons. The Morgan fingerprint density at radius 2 is 0.508 bits per heavy atom. The summed E-state index contributed by atoms with van der Waals surface area (Å²) in [5.74, 6) is 0.304. The van der Waals surface area contributed by atoms with E-state index in [0.717, 1.165) is 10.2 Å². The molecule has 120 heavy (non-hydrogen) atoms. The topological polar surface area (TPSA) is 130 Å². The number of pyridine rings is 2. The van der Waals surface area contributed by atoms with Gasteiger partial charge in [-0.2, -0.15) is 0 Å². The summed E-state index contributed by atoms with van der Waals surface area (Å²) in [4.78, 5) is 38.7. The Morgan fingerprint density at radius 3 is 0.658 bits per heavy atom. The smallest absolute Gasteiger partial charge is 0.410 e. The van der Waals surface area contributed by atoms with Crippen LogP contribution in [0, 0.1) is 6.57 Å². The van der Waals surface area contributed by atoms with Crippen LogP contribution in [0.5, 0.6) is 0 Å². The van der Waals surface area contributed by atoms with Gasteiger partial charge in [-0.25, -0.2) is 14.6 Å². The number of amides is 2. The van der Waals surface area contributed by atoms with Crippen molar-refractivity contribution in [2.45, 2.75) is 89.6 Å². The maximum Gasteiger partial charge on any atom is 0.410 e. The average molecular weight is 1820 g/mol. The second-order valence-corrected chi connectivity index (χ2v) is 39.9. The van der Waals surface area contributed by atoms with Crippen molar-refractivity contribution >= 4 is 129 Å². The molecule has 0 spiro atoms. The first-order valence-corrected chi connectivity index (χ1v) is 46.1. The van der Waals surface area contributed by atoms with Gasteiger partial charge in [0.15, 0.2) is 0 Å². The van der Waals surface area contributed by atoms with Gasteiger partial charge in [-0.3, -0.25) is 0 Å². The zero-order chi connectivity index (χ0) is 83.7. The zero-order valence-corrected chi connectivity index (χ0v) is 75.2. The van der Waals surface area contributed by atoms with Crippen molar-refractivity contribution in [3.8, 4) is 0 Å². The van der Waals surface area contributed by atoms with Crippen LogP contribution in [0.15, 0.2) is 405 Å². The Kier molecular flexibility index (Phi) is 35.7. The molecule has 2 saturated heterocycles. The number of nitrogens with zero attached hydrogens (tertiary/aromatic N) is 5. The largest absolute Gasteiger partial charge is 0.444 e. The Morgan fingerprint density at radius 1 is 0.325 bits per heavy atom. The molecule has 2 amide bonds. The summed E-state index contributed by atoms with van der Waals surface area (Å²) in [7, 11) is -1.78. The molecule has 0 saturated carbocycles. The third kappa shape index (κ3) is 27.9. The third-order valence-electron chi connectivity index (χ3n) is 19.3. The van der Waals surface area contributed by atoms with E-state index in [-0.39, 0.29) is 32.6 Å². The second-order valence-electron chi connectivity index (χ2n) is 30.3. The molecule has 4 heterocycles. The number of likely N-dealkylation sites (tertiary alicyclic amines) is 2. The first-order valence-electron chi connectivity index (χ1n) is 39.9. The molecule has 16 rings (SSSR count). The van der Waals surface area contributed by atoms with Gasteiger partial charge in [0, 0.05) is 63.9 Å². The van der Waals surface area contributed by atoms with Crippen LogP contribution >= 0.6 is 47.6 Å². The minimum absolute atomic E-state index is 0. The number of carbonyl (C=O) groups is 2. The Labute approximate surface area is 736 Å². The molecule has 14 aromatic rings. The van der Waals surface area contributed by atoms with Gasteiger partial charge in [0.05, 0.1) is 11.2 Å². The van der Waals surface area contributed by atoms with Crippen molar-refractivity contribution in [1.29, 1.82) is 0 Å². The van der Waals surface area contributed by atoms with E-state index in [1.807, 2.05) is 53.7 Å². The quantitative estimate of drug-likeness (QED) is 0.0477. The maximum absolute atomic E-state index is 12.0. The molecule has 2 aliphatic heterocycles. The first-order chi connectivity index (χ1) is 57.7. The van der Waals surface area contributed by atoms with Crippen LogP contribution < -0.4 is 63.7 Å². The number of rotatable bonds is 14. The summed E-state index contributed by atoms with van der Waals surface area (Å²) in [6.07, 6.45) is 4.35. The summed E-state index contributed by atoms with van der Waals surface area (Å²) in [6, 6.07) is 136. The van der Waals surface area contributed by atoms with E-state index in [1.54, 1.807) is 28.1 Å². The molecule has 2 fully saturated rings. The number of hydrogen-bond acceptors (Lipinski definition) is 8. The number of benzene rings is 12. The molecule has 612 valence electrons. The summed E-state index contributed by atoms with van der Waals surface area (Å²) in [6.45, 7) is 19.7. The molecule has 2 aromatic heterocycles.